The Morgan fingerprint density at radius 1 is 1.44 bits per heavy atom. The number of nitrogens with two attached hydrogens (primary N) is 1. The topological polar surface area (TPSA) is 97.3 Å². The van der Waals surface area contributed by atoms with E-state index in [1.165, 1.54) is 0 Å². The molecule has 1 saturated carbocycles. The van der Waals surface area contributed by atoms with E-state index < -0.39 is 0 Å². The number of amides is 1. The van der Waals surface area contributed by atoms with Gasteiger partial charge in [-0.2, -0.15) is 0 Å². The van der Waals surface area contributed by atoms with Gasteiger partial charge in [0.2, 0.25) is 11.8 Å². The summed E-state index contributed by atoms with van der Waals surface area (Å²) in [6.45, 7) is 1.96. The molecule has 3 N–H and O–H groups in total. The number of carbonyl (C=O) groups excluding carboxylic acids is 1. The molecule has 1 atom stereocenters. The minimum atomic E-state index is -0.130. The summed E-state index contributed by atoms with van der Waals surface area (Å²) in [6.07, 6.45) is 3.14. The fourth-order valence-electron chi connectivity index (χ4n) is 2.15. The van der Waals surface area contributed by atoms with Gasteiger partial charge in [0.15, 0.2) is 0 Å². The molecule has 7 heteroatoms. The van der Waals surface area contributed by atoms with E-state index >= 15 is 0 Å². The number of likely N-dealkylation sites (tertiary alicyclic amines) is 1. The molecule has 0 unspecified atom stereocenters. The van der Waals surface area contributed by atoms with Gasteiger partial charge in [0, 0.05) is 25.0 Å². The molecule has 1 aromatic heterocycles. The third-order valence-electron chi connectivity index (χ3n) is 3.29. The Morgan fingerprint density at radius 3 is 2.94 bits per heavy atom. The Hall–Kier alpha value is -1.47. The van der Waals surface area contributed by atoms with Gasteiger partial charge in [-0.15, -0.1) is 5.10 Å². The molecule has 98 valence electrons. The van der Waals surface area contributed by atoms with Crippen LogP contribution in [0.15, 0.2) is 4.42 Å². The summed E-state index contributed by atoms with van der Waals surface area (Å²) in [6, 6.07) is 0.382. The minimum Gasteiger partial charge on any atom is -0.408 e. The van der Waals surface area contributed by atoms with Crippen molar-refractivity contribution in [2.45, 2.75) is 31.2 Å². The van der Waals surface area contributed by atoms with E-state index in [4.69, 9.17) is 10.2 Å². The lowest BCUT2D eigenvalue weighted by Crippen LogP contribution is -2.33. The molecule has 7 nitrogen and oxygen atoms in total. The molecule has 0 spiro atoms. The minimum absolute atomic E-state index is 0.130. The summed E-state index contributed by atoms with van der Waals surface area (Å²) in [5.41, 5.74) is 5.78. The van der Waals surface area contributed by atoms with Crippen LogP contribution in [-0.4, -0.2) is 46.7 Å². The quantitative estimate of drug-likeness (QED) is 0.776. The fourth-order valence-corrected chi connectivity index (χ4v) is 2.15. The van der Waals surface area contributed by atoms with Gasteiger partial charge in [-0.1, -0.05) is 5.10 Å². The highest BCUT2D eigenvalue weighted by molar-refractivity contribution is 5.90. The van der Waals surface area contributed by atoms with E-state index in [0.29, 0.717) is 18.4 Å². The maximum absolute atomic E-state index is 11.7. The van der Waals surface area contributed by atoms with Crippen molar-refractivity contribution >= 4 is 11.9 Å². The average Bonchev–Trinajstić information content (AvgIpc) is 2.95. The molecule has 18 heavy (non-hydrogen) atoms. The van der Waals surface area contributed by atoms with Gasteiger partial charge in [-0.05, 0) is 19.3 Å². The second-order valence-corrected chi connectivity index (χ2v) is 5.05. The van der Waals surface area contributed by atoms with Crippen molar-refractivity contribution in [3.05, 3.63) is 5.89 Å². The van der Waals surface area contributed by atoms with Crippen LogP contribution in [0.3, 0.4) is 0 Å². The summed E-state index contributed by atoms with van der Waals surface area (Å²) in [7, 11) is 0. The van der Waals surface area contributed by atoms with Crippen LogP contribution >= 0.6 is 0 Å². The summed E-state index contributed by atoms with van der Waals surface area (Å²) < 4.78 is 5.37. The lowest BCUT2D eigenvalue weighted by Gasteiger charge is -2.13. The summed E-state index contributed by atoms with van der Waals surface area (Å²) >= 11 is 0. The second-order valence-electron chi connectivity index (χ2n) is 5.05. The fraction of sp³-hybridized carbons (Fsp3) is 0.727. The van der Waals surface area contributed by atoms with Crippen LogP contribution in [0.4, 0.5) is 6.01 Å². The maximum atomic E-state index is 11.7. The standard InChI is InChI=1S/C11H17N5O2/c12-8-3-4-16(5-8)6-9(17)13-11-15-14-10(18-11)7-1-2-7/h7-8H,1-6,12H2,(H,13,15,17)/t8-/m0/s1. The predicted octanol–water partition coefficient (Wildman–Crippen LogP) is -0.0815. The molecule has 1 aliphatic heterocycles. The van der Waals surface area contributed by atoms with Crippen LogP contribution in [0.1, 0.15) is 31.1 Å². The molecule has 1 saturated heterocycles. The highest BCUT2D eigenvalue weighted by Gasteiger charge is 2.29. The Labute approximate surface area is 105 Å². The number of hydrogen-bond acceptors (Lipinski definition) is 6. The average molecular weight is 251 g/mol. The van der Waals surface area contributed by atoms with Gasteiger partial charge in [0.05, 0.1) is 6.54 Å². The number of carbonyl (C=O) groups is 1. The molecule has 2 heterocycles. The third kappa shape index (κ3) is 2.68. The second kappa shape index (κ2) is 4.66. The van der Waals surface area contributed by atoms with Crippen LogP contribution in [0, 0.1) is 0 Å². The van der Waals surface area contributed by atoms with Crippen molar-refractivity contribution < 1.29 is 9.21 Å². The number of nitrogens with zero attached hydrogens (tertiary/aromatic N) is 3. The first-order chi connectivity index (χ1) is 8.70. The number of hydrogen-bond donors (Lipinski definition) is 2. The largest absolute Gasteiger partial charge is 0.408 e. The first-order valence-electron chi connectivity index (χ1n) is 6.32. The van der Waals surface area contributed by atoms with E-state index in [-0.39, 0.29) is 18.0 Å². The number of aromatic nitrogens is 2. The SMILES string of the molecule is N[C@H]1CCN(CC(=O)Nc2nnc(C3CC3)o2)C1. The molecule has 1 amide bonds. The first-order valence-corrected chi connectivity index (χ1v) is 6.32. The molecule has 0 radical (unpaired) electrons. The van der Waals surface area contributed by atoms with Gasteiger partial charge in [-0.25, -0.2) is 0 Å². The van der Waals surface area contributed by atoms with Crippen molar-refractivity contribution in [3.63, 3.8) is 0 Å². The van der Waals surface area contributed by atoms with Crippen LogP contribution in [0.25, 0.3) is 0 Å². The van der Waals surface area contributed by atoms with Crippen LogP contribution in [-0.2, 0) is 4.79 Å². The molecule has 2 aliphatic rings. The zero-order valence-corrected chi connectivity index (χ0v) is 10.1. The van der Waals surface area contributed by atoms with E-state index in [1.807, 2.05) is 4.90 Å². The van der Waals surface area contributed by atoms with Crippen molar-refractivity contribution in [2.75, 3.05) is 25.0 Å². The Bertz CT molecular complexity index is 442. The predicted molar refractivity (Wildman–Crippen MR) is 63.9 cm³/mol. The van der Waals surface area contributed by atoms with Crippen molar-refractivity contribution in [1.82, 2.24) is 15.1 Å². The zero-order valence-electron chi connectivity index (χ0n) is 10.1. The van der Waals surface area contributed by atoms with Crippen LogP contribution in [0.2, 0.25) is 0 Å². The third-order valence-corrected chi connectivity index (χ3v) is 3.29. The Morgan fingerprint density at radius 2 is 2.28 bits per heavy atom. The van der Waals surface area contributed by atoms with E-state index in [0.717, 1.165) is 32.4 Å². The number of anilines is 1. The molecule has 2 fully saturated rings. The van der Waals surface area contributed by atoms with E-state index in [9.17, 15) is 4.79 Å². The molecule has 0 aromatic carbocycles. The molecule has 3 rings (SSSR count). The lowest BCUT2D eigenvalue weighted by molar-refractivity contribution is -0.117. The highest BCUT2D eigenvalue weighted by Crippen LogP contribution is 2.39. The molecular weight excluding hydrogens is 234 g/mol. The van der Waals surface area contributed by atoms with Gasteiger partial charge in [0.25, 0.3) is 0 Å². The van der Waals surface area contributed by atoms with Gasteiger partial charge in [0.1, 0.15) is 0 Å². The smallest absolute Gasteiger partial charge is 0.322 e. The lowest BCUT2D eigenvalue weighted by atomic mass is 10.3. The van der Waals surface area contributed by atoms with Crippen molar-refractivity contribution in [1.29, 1.82) is 0 Å². The van der Waals surface area contributed by atoms with Crippen molar-refractivity contribution in [2.24, 2.45) is 5.73 Å². The van der Waals surface area contributed by atoms with Crippen LogP contribution < -0.4 is 11.1 Å². The van der Waals surface area contributed by atoms with Crippen molar-refractivity contribution in [3.8, 4) is 0 Å². The van der Waals surface area contributed by atoms with Crippen LogP contribution in [0.5, 0.6) is 0 Å². The van der Waals surface area contributed by atoms with E-state index in [2.05, 4.69) is 15.5 Å². The summed E-state index contributed by atoms with van der Waals surface area (Å²) in [4.78, 5) is 13.8. The molecule has 0 bridgehead atoms. The summed E-state index contributed by atoms with van der Waals surface area (Å²) in [5.74, 6) is 0.906. The van der Waals surface area contributed by atoms with Gasteiger partial charge in [-0.3, -0.25) is 15.0 Å². The zero-order chi connectivity index (χ0) is 12.5. The maximum Gasteiger partial charge on any atom is 0.322 e. The van der Waals surface area contributed by atoms with Gasteiger partial charge >= 0.3 is 6.01 Å². The van der Waals surface area contributed by atoms with E-state index in [1.54, 1.807) is 0 Å². The number of nitrogens with one attached hydrogen (secondary N) is 1. The monoisotopic (exact) mass is 251 g/mol. The highest BCUT2D eigenvalue weighted by atomic mass is 16.4. The first kappa shape index (κ1) is 11.6. The molecule has 1 aromatic rings. The Kier molecular flexibility index (Phi) is 3.00. The number of rotatable bonds is 4. The molecular formula is C11H17N5O2. The summed E-state index contributed by atoms with van der Waals surface area (Å²) in [5, 5.41) is 10.4. The molecule has 1 aliphatic carbocycles. The Balaban J connectivity index is 1.50. The normalized spacial score (nSPS) is 24.4. The van der Waals surface area contributed by atoms with Gasteiger partial charge < -0.3 is 10.2 Å².